The Bertz CT molecular complexity index is 689. The first-order chi connectivity index (χ1) is 9.65. The highest BCUT2D eigenvalue weighted by Crippen LogP contribution is 2.24. The van der Waals surface area contributed by atoms with Crippen molar-refractivity contribution in [1.82, 2.24) is 15.0 Å². The van der Waals surface area contributed by atoms with Gasteiger partial charge in [0.1, 0.15) is 0 Å². The zero-order valence-electron chi connectivity index (χ0n) is 11.7. The highest BCUT2D eigenvalue weighted by molar-refractivity contribution is 7.98. The summed E-state index contributed by atoms with van der Waals surface area (Å²) in [5.41, 5.74) is 5.39. The Labute approximate surface area is 122 Å². The number of pyridine rings is 1. The second-order valence-corrected chi connectivity index (χ2v) is 6.09. The minimum atomic E-state index is 0.0367. The van der Waals surface area contributed by atoms with Gasteiger partial charge < -0.3 is 4.98 Å². The Morgan fingerprint density at radius 2 is 2.20 bits per heavy atom. The molecule has 0 fully saturated rings. The maximum Gasteiger partial charge on any atom is 0.254 e. The van der Waals surface area contributed by atoms with E-state index in [1.165, 1.54) is 11.1 Å². The van der Waals surface area contributed by atoms with Gasteiger partial charge in [0.05, 0.1) is 5.69 Å². The average Bonchev–Trinajstić information content (AvgIpc) is 2.87. The van der Waals surface area contributed by atoms with Crippen LogP contribution in [0.4, 0.5) is 0 Å². The summed E-state index contributed by atoms with van der Waals surface area (Å²) in [5.74, 6) is 0.785. The van der Waals surface area contributed by atoms with E-state index in [-0.39, 0.29) is 5.56 Å². The van der Waals surface area contributed by atoms with Gasteiger partial charge in [-0.3, -0.25) is 9.78 Å². The van der Waals surface area contributed by atoms with E-state index in [0.717, 1.165) is 47.1 Å². The minimum Gasteiger partial charge on any atom is -0.301 e. The molecule has 0 bridgehead atoms. The SMILES string of the molecule is Cc1ccnc(C)c1CSc1nc2c(c(=O)[nH]1)CCC2. The molecule has 0 aliphatic heterocycles. The van der Waals surface area contributed by atoms with E-state index in [4.69, 9.17) is 0 Å². The van der Waals surface area contributed by atoms with E-state index in [2.05, 4.69) is 21.9 Å². The fourth-order valence-electron chi connectivity index (χ4n) is 2.57. The first-order valence-corrected chi connectivity index (χ1v) is 7.79. The van der Waals surface area contributed by atoms with Crippen molar-refractivity contribution in [2.45, 2.75) is 44.0 Å². The number of aromatic nitrogens is 3. The van der Waals surface area contributed by atoms with Crippen molar-refractivity contribution in [3.8, 4) is 0 Å². The molecule has 0 atom stereocenters. The van der Waals surface area contributed by atoms with Crippen molar-refractivity contribution in [2.24, 2.45) is 0 Å². The van der Waals surface area contributed by atoms with Crippen molar-refractivity contribution in [3.05, 3.63) is 50.7 Å². The number of nitrogens with zero attached hydrogens (tertiary/aromatic N) is 2. The van der Waals surface area contributed by atoms with E-state index in [1.54, 1.807) is 11.8 Å². The molecule has 1 aliphatic rings. The van der Waals surface area contributed by atoms with Crippen LogP contribution in [0.2, 0.25) is 0 Å². The quantitative estimate of drug-likeness (QED) is 0.696. The van der Waals surface area contributed by atoms with Crippen LogP contribution in [0.1, 0.15) is 34.5 Å². The van der Waals surface area contributed by atoms with E-state index in [1.807, 2.05) is 19.2 Å². The summed E-state index contributed by atoms with van der Waals surface area (Å²) in [6.07, 6.45) is 4.66. The van der Waals surface area contributed by atoms with Crippen molar-refractivity contribution < 1.29 is 0 Å². The van der Waals surface area contributed by atoms with Crippen molar-refractivity contribution >= 4 is 11.8 Å². The third kappa shape index (κ3) is 2.50. The van der Waals surface area contributed by atoms with Gasteiger partial charge in [-0.2, -0.15) is 0 Å². The predicted molar refractivity (Wildman–Crippen MR) is 80.2 cm³/mol. The van der Waals surface area contributed by atoms with Gasteiger partial charge in [0, 0.05) is 23.2 Å². The van der Waals surface area contributed by atoms with Gasteiger partial charge in [-0.25, -0.2) is 4.98 Å². The first kappa shape index (κ1) is 13.4. The molecule has 4 nitrogen and oxygen atoms in total. The summed E-state index contributed by atoms with van der Waals surface area (Å²) in [6, 6.07) is 2.02. The summed E-state index contributed by atoms with van der Waals surface area (Å²) < 4.78 is 0. The summed E-state index contributed by atoms with van der Waals surface area (Å²) in [4.78, 5) is 23.7. The molecule has 0 radical (unpaired) electrons. The fraction of sp³-hybridized carbons (Fsp3) is 0.400. The van der Waals surface area contributed by atoms with Crippen LogP contribution in [0.3, 0.4) is 0 Å². The molecule has 0 amide bonds. The van der Waals surface area contributed by atoms with Gasteiger partial charge in [-0.1, -0.05) is 11.8 Å². The van der Waals surface area contributed by atoms with Gasteiger partial charge in [0.2, 0.25) is 0 Å². The first-order valence-electron chi connectivity index (χ1n) is 6.81. The standard InChI is InChI=1S/C15H17N3OS/c1-9-6-7-16-10(2)12(9)8-20-15-17-13-5-3-4-11(13)14(19)18-15/h6-7H,3-5,8H2,1-2H3,(H,17,18,19). The maximum absolute atomic E-state index is 12.0. The minimum absolute atomic E-state index is 0.0367. The largest absolute Gasteiger partial charge is 0.301 e. The average molecular weight is 287 g/mol. The molecule has 0 unspecified atom stereocenters. The fourth-order valence-corrected chi connectivity index (χ4v) is 3.63. The monoisotopic (exact) mass is 287 g/mol. The highest BCUT2D eigenvalue weighted by Gasteiger charge is 2.17. The van der Waals surface area contributed by atoms with Crippen molar-refractivity contribution in [1.29, 1.82) is 0 Å². The Morgan fingerprint density at radius 3 is 3.00 bits per heavy atom. The number of thioether (sulfide) groups is 1. The van der Waals surface area contributed by atoms with E-state index < -0.39 is 0 Å². The maximum atomic E-state index is 12.0. The number of H-pyrrole nitrogens is 1. The second-order valence-electron chi connectivity index (χ2n) is 5.13. The molecule has 104 valence electrons. The molecule has 3 rings (SSSR count). The number of rotatable bonds is 3. The van der Waals surface area contributed by atoms with Crippen LogP contribution >= 0.6 is 11.8 Å². The normalized spacial score (nSPS) is 13.5. The van der Waals surface area contributed by atoms with Crippen LogP contribution in [0, 0.1) is 13.8 Å². The molecular weight excluding hydrogens is 270 g/mol. The van der Waals surface area contributed by atoms with Crippen LogP contribution < -0.4 is 5.56 Å². The zero-order chi connectivity index (χ0) is 14.1. The van der Waals surface area contributed by atoms with E-state index in [0.29, 0.717) is 0 Å². The van der Waals surface area contributed by atoms with Crippen LogP contribution in [0.25, 0.3) is 0 Å². The summed E-state index contributed by atoms with van der Waals surface area (Å²) >= 11 is 1.58. The number of aromatic amines is 1. The molecule has 0 saturated heterocycles. The molecule has 0 aromatic carbocycles. The topological polar surface area (TPSA) is 58.6 Å². The number of nitrogens with one attached hydrogen (secondary N) is 1. The van der Waals surface area contributed by atoms with Crippen LogP contribution in [0.15, 0.2) is 22.2 Å². The van der Waals surface area contributed by atoms with Gasteiger partial charge in [-0.15, -0.1) is 0 Å². The lowest BCUT2D eigenvalue weighted by Crippen LogP contribution is -2.15. The molecule has 0 saturated carbocycles. The molecule has 1 aliphatic carbocycles. The van der Waals surface area contributed by atoms with Crippen LogP contribution in [-0.4, -0.2) is 15.0 Å². The Balaban J connectivity index is 1.83. The number of aryl methyl sites for hydroxylation is 3. The summed E-state index contributed by atoms with van der Waals surface area (Å²) in [5, 5.41) is 0.721. The summed E-state index contributed by atoms with van der Waals surface area (Å²) in [7, 11) is 0. The predicted octanol–water partition coefficient (Wildman–Crippen LogP) is 2.56. The molecule has 2 aromatic rings. The highest BCUT2D eigenvalue weighted by atomic mass is 32.2. The van der Waals surface area contributed by atoms with Gasteiger partial charge in [-0.05, 0) is 50.3 Å². The lowest BCUT2D eigenvalue weighted by Gasteiger charge is -2.08. The Hall–Kier alpha value is -1.62. The van der Waals surface area contributed by atoms with Crippen LogP contribution in [0.5, 0.6) is 0 Å². The molecule has 1 N–H and O–H groups in total. The number of hydrogen-bond acceptors (Lipinski definition) is 4. The molecule has 2 heterocycles. The molecular formula is C15H17N3OS. The third-order valence-corrected chi connectivity index (χ3v) is 4.68. The lowest BCUT2D eigenvalue weighted by molar-refractivity contribution is 0.869. The lowest BCUT2D eigenvalue weighted by atomic mass is 10.1. The number of fused-ring (bicyclic) bond motifs is 1. The molecule has 0 spiro atoms. The van der Waals surface area contributed by atoms with E-state index in [9.17, 15) is 4.79 Å². The van der Waals surface area contributed by atoms with Gasteiger partial charge >= 0.3 is 0 Å². The zero-order valence-corrected chi connectivity index (χ0v) is 12.5. The van der Waals surface area contributed by atoms with Gasteiger partial charge in [0.25, 0.3) is 5.56 Å². The second kappa shape index (κ2) is 5.40. The Kier molecular flexibility index (Phi) is 3.61. The third-order valence-electron chi connectivity index (χ3n) is 3.78. The molecule has 2 aromatic heterocycles. The Morgan fingerprint density at radius 1 is 1.35 bits per heavy atom. The molecule has 5 heteroatoms. The van der Waals surface area contributed by atoms with Crippen molar-refractivity contribution in [3.63, 3.8) is 0 Å². The van der Waals surface area contributed by atoms with Crippen LogP contribution in [-0.2, 0) is 18.6 Å². The number of hydrogen-bond donors (Lipinski definition) is 1. The summed E-state index contributed by atoms with van der Waals surface area (Å²) in [6.45, 7) is 4.10. The smallest absolute Gasteiger partial charge is 0.254 e. The van der Waals surface area contributed by atoms with E-state index >= 15 is 0 Å². The van der Waals surface area contributed by atoms with Gasteiger partial charge in [0.15, 0.2) is 5.16 Å². The van der Waals surface area contributed by atoms with Crippen molar-refractivity contribution in [2.75, 3.05) is 0 Å². The molecule has 20 heavy (non-hydrogen) atoms.